The fourth-order valence-corrected chi connectivity index (χ4v) is 1.07. The maximum absolute atomic E-state index is 11.3. The number of amides is 3. The minimum absolute atomic E-state index is 0.152. The first-order valence-electron chi connectivity index (χ1n) is 4.73. The van der Waals surface area contributed by atoms with Crippen molar-refractivity contribution in [2.24, 2.45) is 0 Å². The lowest BCUT2D eigenvalue weighted by Crippen LogP contribution is -2.44. The first-order valence-corrected chi connectivity index (χ1v) is 5.11. The SMILES string of the molecule is CCOC(=O)NNC(=O)Nc1cccnc1Cl. The summed E-state index contributed by atoms with van der Waals surface area (Å²) in [5.41, 5.74) is 4.45. The van der Waals surface area contributed by atoms with Gasteiger partial charge in [0.1, 0.15) is 0 Å². The van der Waals surface area contributed by atoms with Crippen LogP contribution in [0.5, 0.6) is 0 Å². The van der Waals surface area contributed by atoms with Crippen molar-refractivity contribution < 1.29 is 14.3 Å². The molecule has 8 heteroatoms. The zero-order valence-corrected chi connectivity index (χ0v) is 9.75. The van der Waals surface area contributed by atoms with E-state index in [1.807, 2.05) is 5.43 Å². The number of aromatic nitrogens is 1. The standard InChI is InChI=1S/C9H11ClN4O3/c1-2-17-9(16)14-13-8(15)12-6-4-3-5-11-7(6)10/h3-5H,2H2,1H3,(H,14,16)(H2,12,13,15). The number of hydrogen-bond acceptors (Lipinski definition) is 4. The van der Waals surface area contributed by atoms with Gasteiger partial charge in [0.25, 0.3) is 0 Å². The highest BCUT2D eigenvalue weighted by Crippen LogP contribution is 2.16. The molecule has 3 amide bonds. The summed E-state index contributed by atoms with van der Waals surface area (Å²) in [5.74, 6) is 0. The second-order valence-corrected chi connectivity index (χ2v) is 3.12. The van der Waals surface area contributed by atoms with Crippen molar-refractivity contribution in [3.63, 3.8) is 0 Å². The summed E-state index contributed by atoms with van der Waals surface area (Å²) in [4.78, 5) is 25.9. The van der Waals surface area contributed by atoms with Gasteiger partial charge in [-0.15, -0.1) is 0 Å². The molecule has 0 aliphatic heterocycles. The zero-order valence-electron chi connectivity index (χ0n) is 8.99. The number of urea groups is 1. The summed E-state index contributed by atoms with van der Waals surface area (Å²) in [6, 6.07) is 2.52. The Morgan fingerprint density at radius 3 is 2.88 bits per heavy atom. The van der Waals surface area contributed by atoms with E-state index < -0.39 is 12.1 Å². The van der Waals surface area contributed by atoms with Gasteiger partial charge in [0.05, 0.1) is 12.3 Å². The van der Waals surface area contributed by atoms with Crippen LogP contribution in [0.15, 0.2) is 18.3 Å². The fourth-order valence-electron chi connectivity index (χ4n) is 0.908. The number of anilines is 1. The molecule has 92 valence electrons. The first kappa shape index (κ1) is 13.0. The Balaban J connectivity index is 2.40. The Labute approximate surface area is 102 Å². The third-order valence-corrected chi connectivity index (χ3v) is 1.86. The highest BCUT2D eigenvalue weighted by atomic mass is 35.5. The second kappa shape index (κ2) is 6.54. The normalized spacial score (nSPS) is 9.29. The molecular formula is C9H11ClN4O3. The summed E-state index contributed by atoms with van der Waals surface area (Å²) < 4.78 is 4.54. The minimum atomic E-state index is -0.750. The maximum Gasteiger partial charge on any atom is 0.426 e. The van der Waals surface area contributed by atoms with E-state index in [4.69, 9.17) is 11.6 Å². The molecule has 0 saturated heterocycles. The van der Waals surface area contributed by atoms with Crippen LogP contribution in [0.4, 0.5) is 15.3 Å². The maximum atomic E-state index is 11.3. The van der Waals surface area contributed by atoms with Crippen molar-refractivity contribution in [2.45, 2.75) is 6.92 Å². The van der Waals surface area contributed by atoms with Gasteiger partial charge in [-0.3, -0.25) is 0 Å². The van der Waals surface area contributed by atoms with Crippen molar-refractivity contribution >= 4 is 29.4 Å². The fraction of sp³-hybridized carbons (Fsp3) is 0.222. The third-order valence-electron chi connectivity index (χ3n) is 1.56. The Hall–Kier alpha value is -2.02. The minimum Gasteiger partial charge on any atom is -0.449 e. The summed E-state index contributed by atoms with van der Waals surface area (Å²) in [6.07, 6.45) is 0.738. The number of nitrogens with zero attached hydrogens (tertiary/aromatic N) is 1. The molecule has 17 heavy (non-hydrogen) atoms. The number of pyridine rings is 1. The Bertz CT molecular complexity index is 413. The van der Waals surface area contributed by atoms with E-state index in [9.17, 15) is 9.59 Å². The van der Waals surface area contributed by atoms with Gasteiger partial charge in [0.2, 0.25) is 0 Å². The number of hydrogen-bond donors (Lipinski definition) is 3. The number of carbonyl (C=O) groups excluding carboxylic acids is 2. The van der Waals surface area contributed by atoms with Crippen molar-refractivity contribution in [1.82, 2.24) is 15.8 Å². The Morgan fingerprint density at radius 2 is 2.24 bits per heavy atom. The largest absolute Gasteiger partial charge is 0.449 e. The molecule has 0 aromatic carbocycles. The van der Waals surface area contributed by atoms with Gasteiger partial charge >= 0.3 is 12.1 Å². The lowest BCUT2D eigenvalue weighted by atomic mass is 10.4. The van der Waals surface area contributed by atoms with Crippen molar-refractivity contribution in [3.8, 4) is 0 Å². The highest BCUT2D eigenvalue weighted by Gasteiger charge is 2.06. The molecule has 0 fully saturated rings. The summed E-state index contributed by atoms with van der Waals surface area (Å²) in [6.45, 7) is 1.86. The molecule has 7 nitrogen and oxygen atoms in total. The molecule has 0 aliphatic carbocycles. The summed E-state index contributed by atoms with van der Waals surface area (Å²) in [5, 5.41) is 2.54. The zero-order chi connectivity index (χ0) is 12.7. The molecular weight excluding hydrogens is 248 g/mol. The van der Waals surface area contributed by atoms with Crippen LogP contribution in [-0.2, 0) is 4.74 Å². The predicted octanol–water partition coefficient (Wildman–Crippen LogP) is 1.52. The molecule has 0 saturated carbocycles. The van der Waals surface area contributed by atoms with E-state index in [0.717, 1.165) is 0 Å². The van der Waals surface area contributed by atoms with Crippen LogP contribution >= 0.6 is 11.6 Å². The lowest BCUT2D eigenvalue weighted by molar-refractivity contribution is 0.148. The first-order chi connectivity index (χ1) is 8.13. The average molecular weight is 259 g/mol. The number of carbonyl (C=O) groups is 2. The molecule has 0 aliphatic rings. The number of rotatable bonds is 2. The Morgan fingerprint density at radius 1 is 1.47 bits per heavy atom. The number of nitrogens with one attached hydrogen (secondary N) is 3. The quantitative estimate of drug-likeness (QED) is 0.554. The number of hydrazine groups is 1. The Kier molecular flexibility index (Phi) is 5.02. The molecule has 1 aromatic rings. The van der Waals surface area contributed by atoms with E-state index in [2.05, 4.69) is 20.5 Å². The second-order valence-electron chi connectivity index (χ2n) is 2.77. The van der Waals surface area contributed by atoms with Gasteiger partial charge < -0.3 is 10.1 Å². The van der Waals surface area contributed by atoms with Crippen LogP contribution in [0, 0.1) is 0 Å². The van der Waals surface area contributed by atoms with Crippen LogP contribution in [-0.4, -0.2) is 23.7 Å². The van der Waals surface area contributed by atoms with E-state index >= 15 is 0 Å². The molecule has 1 rings (SSSR count). The van der Waals surface area contributed by atoms with Gasteiger partial charge in [-0.25, -0.2) is 25.4 Å². The average Bonchev–Trinajstić information content (AvgIpc) is 2.30. The van der Waals surface area contributed by atoms with Crippen molar-refractivity contribution in [3.05, 3.63) is 23.5 Å². The number of halogens is 1. The van der Waals surface area contributed by atoms with Crippen LogP contribution in [0.25, 0.3) is 0 Å². The van der Waals surface area contributed by atoms with E-state index in [-0.39, 0.29) is 11.8 Å². The van der Waals surface area contributed by atoms with E-state index in [1.165, 1.54) is 6.20 Å². The van der Waals surface area contributed by atoms with Crippen LogP contribution < -0.4 is 16.2 Å². The molecule has 0 bridgehead atoms. The smallest absolute Gasteiger partial charge is 0.426 e. The van der Waals surface area contributed by atoms with Crippen LogP contribution in [0.3, 0.4) is 0 Å². The van der Waals surface area contributed by atoms with E-state index in [1.54, 1.807) is 19.1 Å². The molecule has 0 atom stereocenters. The van der Waals surface area contributed by atoms with Gasteiger partial charge in [0.15, 0.2) is 5.15 Å². The highest BCUT2D eigenvalue weighted by molar-refractivity contribution is 6.32. The topological polar surface area (TPSA) is 92.4 Å². The lowest BCUT2D eigenvalue weighted by Gasteiger charge is -2.09. The molecule has 1 aromatic heterocycles. The predicted molar refractivity (Wildman–Crippen MR) is 61.6 cm³/mol. The van der Waals surface area contributed by atoms with Gasteiger partial charge in [-0.1, -0.05) is 11.6 Å². The molecule has 3 N–H and O–H groups in total. The summed E-state index contributed by atoms with van der Waals surface area (Å²) in [7, 11) is 0. The number of ether oxygens (including phenoxy) is 1. The third kappa shape index (κ3) is 4.56. The van der Waals surface area contributed by atoms with Crippen molar-refractivity contribution in [2.75, 3.05) is 11.9 Å². The van der Waals surface area contributed by atoms with Gasteiger partial charge in [0, 0.05) is 6.20 Å². The van der Waals surface area contributed by atoms with Gasteiger partial charge in [-0.2, -0.15) is 0 Å². The van der Waals surface area contributed by atoms with Crippen LogP contribution in [0.2, 0.25) is 5.15 Å². The van der Waals surface area contributed by atoms with E-state index in [0.29, 0.717) is 5.69 Å². The molecule has 0 spiro atoms. The summed E-state index contributed by atoms with van der Waals surface area (Å²) >= 11 is 5.72. The van der Waals surface area contributed by atoms with Gasteiger partial charge in [-0.05, 0) is 19.1 Å². The van der Waals surface area contributed by atoms with Crippen molar-refractivity contribution in [1.29, 1.82) is 0 Å². The molecule has 0 radical (unpaired) electrons. The van der Waals surface area contributed by atoms with Crippen LogP contribution in [0.1, 0.15) is 6.92 Å². The molecule has 1 heterocycles. The molecule has 0 unspecified atom stereocenters. The monoisotopic (exact) mass is 258 g/mol.